The Kier molecular flexibility index (Phi) is 4.78. The van der Waals surface area contributed by atoms with Gasteiger partial charge < -0.3 is 10.2 Å². The zero-order chi connectivity index (χ0) is 18.4. The minimum Gasteiger partial charge on any atom is -0.508 e. The summed E-state index contributed by atoms with van der Waals surface area (Å²) < 4.78 is 0. The molecule has 1 aromatic carbocycles. The van der Waals surface area contributed by atoms with Crippen LogP contribution in [0.15, 0.2) is 18.2 Å². The highest BCUT2D eigenvalue weighted by Crippen LogP contribution is 2.64. The number of fused-ring (bicyclic) bond motifs is 5. The predicted molar refractivity (Wildman–Crippen MR) is 109 cm³/mol. The number of hydrogen-bond acceptors (Lipinski definition) is 3. The van der Waals surface area contributed by atoms with Crippen molar-refractivity contribution in [3.05, 3.63) is 29.3 Å². The van der Waals surface area contributed by atoms with Crippen LogP contribution in [0, 0.1) is 29.1 Å². The van der Waals surface area contributed by atoms with E-state index in [9.17, 15) is 10.2 Å². The Morgan fingerprint density at radius 3 is 2.88 bits per heavy atom. The molecule has 0 radical (unpaired) electrons. The summed E-state index contributed by atoms with van der Waals surface area (Å²) in [7, 11) is 0. The van der Waals surface area contributed by atoms with E-state index in [4.69, 9.17) is 0 Å². The van der Waals surface area contributed by atoms with Crippen LogP contribution in [0.5, 0.6) is 5.75 Å². The molecule has 2 fully saturated rings. The molecule has 2 nitrogen and oxygen atoms in total. The molecule has 1 aromatic rings. The van der Waals surface area contributed by atoms with E-state index in [1.165, 1.54) is 17.5 Å². The molecule has 0 aliphatic heterocycles. The van der Waals surface area contributed by atoms with E-state index in [1.54, 1.807) is 0 Å². The normalized spacial score (nSPS) is 37.9. The van der Waals surface area contributed by atoms with Gasteiger partial charge in [-0.05, 0) is 91.7 Å². The summed E-state index contributed by atoms with van der Waals surface area (Å²) in [5.41, 5.74) is 1.86. The molecule has 0 spiro atoms. The van der Waals surface area contributed by atoms with Crippen molar-refractivity contribution in [1.29, 1.82) is 0 Å². The van der Waals surface area contributed by atoms with E-state index < -0.39 is 5.60 Å². The first kappa shape index (κ1) is 18.3. The molecule has 0 saturated heterocycles. The molecule has 0 bridgehead atoms. The predicted octanol–water partition coefficient (Wildman–Crippen LogP) is 4.69. The van der Waals surface area contributed by atoms with Crippen molar-refractivity contribution >= 4 is 12.6 Å². The third-order valence-electron chi connectivity index (χ3n) is 7.62. The summed E-state index contributed by atoms with van der Waals surface area (Å²) in [5.74, 6) is 9.54. The molecule has 5 atom stereocenters. The van der Waals surface area contributed by atoms with E-state index in [0.29, 0.717) is 23.5 Å². The Morgan fingerprint density at radius 1 is 1.23 bits per heavy atom. The minimum absolute atomic E-state index is 0.0868. The number of hydrogen-bond donors (Lipinski definition) is 3. The van der Waals surface area contributed by atoms with Crippen LogP contribution < -0.4 is 0 Å². The average molecular weight is 371 g/mol. The number of aryl methyl sites for hydroxylation is 1. The average Bonchev–Trinajstić information content (AvgIpc) is 2.90. The molecule has 0 amide bonds. The highest BCUT2D eigenvalue weighted by Gasteiger charge is 2.61. The quantitative estimate of drug-likeness (QED) is 0.401. The lowest BCUT2D eigenvalue weighted by molar-refractivity contribution is -0.0648. The molecular formula is C23H30O2S. The van der Waals surface area contributed by atoms with Crippen LogP contribution in [0.25, 0.3) is 0 Å². The van der Waals surface area contributed by atoms with E-state index in [-0.39, 0.29) is 5.41 Å². The third-order valence-corrected chi connectivity index (χ3v) is 7.93. The van der Waals surface area contributed by atoms with E-state index in [1.807, 2.05) is 12.1 Å². The number of phenols is 1. The van der Waals surface area contributed by atoms with Crippen molar-refractivity contribution in [2.24, 2.45) is 17.3 Å². The lowest BCUT2D eigenvalue weighted by atomic mass is 9.53. The van der Waals surface area contributed by atoms with Crippen molar-refractivity contribution in [2.75, 3.05) is 5.75 Å². The minimum atomic E-state index is -0.825. The van der Waals surface area contributed by atoms with Gasteiger partial charge in [0.1, 0.15) is 11.4 Å². The monoisotopic (exact) mass is 370 g/mol. The molecule has 2 N–H and O–H groups in total. The highest BCUT2D eigenvalue weighted by atomic mass is 32.1. The Labute approximate surface area is 162 Å². The fourth-order valence-electron chi connectivity index (χ4n) is 6.17. The molecule has 3 heteroatoms. The zero-order valence-corrected chi connectivity index (χ0v) is 16.6. The Balaban J connectivity index is 1.60. The van der Waals surface area contributed by atoms with Gasteiger partial charge in [-0.3, -0.25) is 0 Å². The summed E-state index contributed by atoms with van der Waals surface area (Å²) in [5, 5.41) is 21.3. The molecule has 0 heterocycles. The summed E-state index contributed by atoms with van der Waals surface area (Å²) in [6.45, 7) is 2.29. The van der Waals surface area contributed by atoms with Gasteiger partial charge in [0, 0.05) is 11.8 Å². The van der Waals surface area contributed by atoms with Crippen molar-refractivity contribution in [1.82, 2.24) is 0 Å². The van der Waals surface area contributed by atoms with Gasteiger partial charge in [0.15, 0.2) is 0 Å². The van der Waals surface area contributed by atoms with Crippen molar-refractivity contribution in [3.8, 4) is 17.6 Å². The zero-order valence-electron chi connectivity index (χ0n) is 15.7. The van der Waals surface area contributed by atoms with Gasteiger partial charge >= 0.3 is 0 Å². The number of rotatable bonds is 2. The van der Waals surface area contributed by atoms with E-state index in [0.717, 1.165) is 50.7 Å². The first-order valence-corrected chi connectivity index (χ1v) is 10.8. The molecule has 3 aliphatic rings. The molecule has 0 aromatic heterocycles. The van der Waals surface area contributed by atoms with Gasteiger partial charge in [0.25, 0.3) is 0 Å². The van der Waals surface area contributed by atoms with Crippen LogP contribution >= 0.6 is 12.6 Å². The van der Waals surface area contributed by atoms with Gasteiger partial charge in [0.2, 0.25) is 0 Å². The van der Waals surface area contributed by atoms with Crippen LogP contribution in [0.4, 0.5) is 0 Å². The molecule has 140 valence electrons. The first-order valence-electron chi connectivity index (χ1n) is 10.1. The van der Waals surface area contributed by atoms with Crippen LogP contribution in [0.2, 0.25) is 0 Å². The Hall–Kier alpha value is -1.11. The third kappa shape index (κ3) is 2.77. The number of aromatic hydroxyl groups is 1. The van der Waals surface area contributed by atoms with Gasteiger partial charge in [-0.1, -0.05) is 18.9 Å². The maximum atomic E-state index is 11.4. The van der Waals surface area contributed by atoms with Crippen LogP contribution in [-0.4, -0.2) is 21.6 Å². The number of benzene rings is 1. The summed E-state index contributed by atoms with van der Waals surface area (Å²) in [6.07, 6.45) is 8.09. The second-order valence-corrected chi connectivity index (χ2v) is 9.23. The maximum absolute atomic E-state index is 11.4. The van der Waals surface area contributed by atoms with Gasteiger partial charge in [-0.25, -0.2) is 0 Å². The Bertz CT molecular complexity index is 748. The maximum Gasteiger partial charge on any atom is 0.131 e. The molecule has 26 heavy (non-hydrogen) atoms. The lowest BCUT2D eigenvalue weighted by Gasteiger charge is -2.52. The standard InChI is InChI=1S/C23H30O2S/c1-22-12-9-19-18-8-6-17(24)15-16(18)5-7-20(19)21(22)10-13-23(22,25)11-3-2-4-14-26/h6,8,15,19-21,24-26H,2,4-5,7,9-10,12-14H2,1H3/t19-,20-,21+,22+,23+/m1/s1. The fourth-order valence-corrected chi connectivity index (χ4v) is 6.32. The number of aliphatic hydroxyl groups is 1. The lowest BCUT2D eigenvalue weighted by Crippen LogP contribution is -2.50. The molecule has 4 rings (SSSR count). The van der Waals surface area contributed by atoms with Gasteiger partial charge in [-0.15, -0.1) is 5.92 Å². The summed E-state index contributed by atoms with van der Waals surface area (Å²) in [4.78, 5) is 0. The van der Waals surface area contributed by atoms with Crippen LogP contribution in [-0.2, 0) is 6.42 Å². The summed E-state index contributed by atoms with van der Waals surface area (Å²) in [6, 6.07) is 5.94. The molecule has 0 unspecified atom stereocenters. The second-order valence-electron chi connectivity index (χ2n) is 8.78. The van der Waals surface area contributed by atoms with Gasteiger partial charge in [-0.2, -0.15) is 12.6 Å². The number of unbranched alkanes of at least 4 members (excludes halogenated alkanes) is 1. The topological polar surface area (TPSA) is 40.5 Å². The van der Waals surface area contributed by atoms with Crippen LogP contribution in [0.3, 0.4) is 0 Å². The second kappa shape index (κ2) is 6.80. The number of phenolic OH excluding ortho intramolecular Hbond substituents is 1. The van der Waals surface area contributed by atoms with Gasteiger partial charge in [0.05, 0.1) is 0 Å². The SMILES string of the molecule is C[C@]12CC[C@@H]3c4ccc(O)cc4CC[C@H]3[C@@H]1CC[C@@]2(O)C#CCCCS. The van der Waals surface area contributed by atoms with Crippen molar-refractivity contribution in [3.63, 3.8) is 0 Å². The molecule has 2 saturated carbocycles. The summed E-state index contributed by atoms with van der Waals surface area (Å²) >= 11 is 4.25. The van der Waals surface area contributed by atoms with E-state index in [2.05, 4.69) is 37.5 Å². The van der Waals surface area contributed by atoms with Crippen molar-refractivity contribution in [2.45, 2.75) is 69.8 Å². The largest absolute Gasteiger partial charge is 0.508 e. The smallest absolute Gasteiger partial charge is 0.131 e. The molecular weight excluding hydrogens is 340 g/mol. The fraction of sp³-hybridized carbons (Fsp3) is 0.652. The number of thiol groups is 1. The first-order chi connectivity index (χ1) is 12.5. The highest BCUT2D eigenvalue weighted by molar-refractivity contribution is 7.80. The Morgan fingerprint density at radius 2 is 2.08 bits per heavy atom. The van der Waals surface area contributed by atoms with Crippen molar-refractivity contribution < 1.29 is 10.2 Å². The molecule has 3 aliphatic carbocycles. The van der Waals surface area contributed by atoms with Crippen LogP contribution in [0.1, 0.15) is 68.9 Å². The van der Waals surface area contributed by atoms with E-state index >= 15 is 0 Å².